The Kier molecular flexibility index (Phi) is 4.06. The Morgan fingerprint density at radius 2 is 2.05 bits per heavy atom. The van der Waals surface area contributed by atoms with Crippen LogP contribution in [0.2, 0.25) is 0 Å². The molecule has 1 heteroatoms. The van der Waals surface area contributed by atoms with Gasteiger partial charge in [-0.3, -0.25) is 0 Å². The van der Waals surface area contributed by atoms with E-state index < -0.39 is 0 Å². The summed E-state index contributed by atoms with van der Waals surface area (Å²) in [6, 6.07) is 9.05. The molecule has 0 aromatic heterocycles. The zero-order chi connectivity index (χ0) is 14.1. The van der Waals surface area contributed by atoms with Gasteiger partial charge in [-0.05, 0) is 41.7 Å². The molecule has 0 bridgehead atoms. The summed E-state index contributed by atoms with van der Waals surface area (Å²) in [5, 5.41) is 0. The van der Waals surface area contributed by atoms with Gasteiger partial charge >= 0.3 is 0 Å². The highest BCUT2D eigenvalue weighted by Gasteiger charge is 2.36. The van der Waals surface area contributed by atoms with Gasteiger partial charge in [0, 0.05) is 5.54 Å². The number of benzene rings is 1. The number of hydrogen-bond acceptors (Lipinski definition) is 1. The predicted molar refractivity (Wildman–Crippen MR) is 83.3 cm³/mol. The summed E-state index contributed by atoms with van der Waals surface area (Å²) >= 11 is 0. The quantitative estimate of drug-likeness (QED) is 0.833. The summed E-state index contributed by atoms with van der Waals surface area (Å²) in [6.45, 7) is 9.21. The monoisotopic (exact) mass is 259 g/mol. The predicted octanol–water partition coefficient (Wildman–Crippen LogP) is 4.74. The van der Waals surface area contributed by atoms with Crippen molar-refractivity contribution in [3.63, 3.8) is 0 Å². The van der Waals surface area contributed by atoms with Crippen molar-refractivity contribution in [1.82, 2.24) is 0 Å². The van der Waals surface area contributed by atoms with Crippen LogP contribution in [0.4, 0.5) is 0 Å². The highest BCUT2D eigenvalue weighted by atomic mass is 14.8. The van der Waals surface area contributed by atoms with Gasteiger partial charge in [-0.2, -0.15) is 0 Å². The molecule has 2 rings (SSSR count). The summed E-state index contributed by atoms with van der Waals surface area (Å²) in [4.78, 5) is 0. The van der Waals surface area contributed by atoms with E-state index in [2.05, 4.69) is 52.0 Å². The van der Waals surface area contributed by atoms with Gasteiger partial charge < -0.3 is 5.73 Å². The number of nitrogens with two attached hydrogens (primary N) is 1. The molecule has 1 aromatic carbocycles. The minimum Gasteiger partial charge on any atom is -0.321 e. The van der Waals surface area contributed by atoms with Gasteiger partial charge in [0.2, 0.25) is 0 Å². The average molecular weight is 259 g/mol. The second kappa shape index (κ2) is 5.28. The van der Waals surface area contributed by atoms with Gasteiger partial charge in [-0.15, -0.1) is 0 Å². The standard InChI is InChI=1S/C18H29N/c1-5-17(3,4)15-10-8-11-16(13-15)18(19)12-7-6-9-14(18)2/h8,10-11,13-14H,5-7,9,12,19H2,1-4H3. The van der Waals surface area contributed by atoms with Crippen LogP contribution in [0, 0.1) is 5.92 Å². The molecule has 0 spiro atoms. The van der Waals surface area contributed by atoms with Crippen LogP contribution in [-0.2, 0) is 11.0 Å². The first-order chi connectivity index (χ1) is 8.90. The van der Waals surface area contributed by atoms with E-state index in [1.807, 2.05) is 0 Å². The number of rotatable bonds is 3. The van der Waals surface area contributed by atoms with Gasteiger partial charge in [0.05, 0.1) is 0 Å². The SMILES string of the molecule is CCC(C)(C)c1cccc(C2(N)CCCCC2C)c1. The third-order valence-corrected chi connectivity index (χ3v) is 5.42. The molecule has 1 aliphatic carbocycles. The maximum absolute atomic E-state index is 6.78. The van der Waals surface area contributed by atoms with Crippen LogP contribution in [0.3, 0.4) is 0 Å². The van der Waals surface area contributed by atoms with Gasteiger partial charge in [0.15, 0.2) is 0 Å². The molecule has 0 radical (unpaired) electrons. The van der Waals surface area contributed by atoms with Crippen molar-refractivity contribution in [2.75, 3.05) is 0 Å². The van der Waals surface area contributed by atoms with Gasteiger partial charge in [-0.1, -0.05) is 64.8 Å². The lowest BCUT2D eigenvalue weighted by Crippen LogP contribution is -2.45. The highest BCUT2D eigenvalue weighted by molar-refractivity contribution is 5.34. The third-order valence-electron chi connectivity index (χ3n) is 5.42. The van der Waals surface area contributed by atoms with E-state index in [1.54, 1.807) is 0 Å². The topological polar surface area (TPSA) is 26.0 Å². The van der Waals surface area contributed by atoms with E-state index in [0.717, 1.165) is 12.8 Å². The second-order valence-corrected chi connectivity index (χ2v) is 7.01. The molecule has 19 heavy (non-hydrogen) atoms. The lowest BCUT2D eigenvalue weighted by Gasteiger charge is -2.40. The van der Waals surface area contributed by atoms with Crippen LogP contribution in [0.5, 0.6) is 0 Å². The second-order valence-electron chi connectivity index (χ2n) is 7.01. The zero-order valence-electron chi connectivity index (χ0n) is 13.0. The Morgan fingerprint density at radius 3 is 2.68 bits per heavy atom. The van der Waals surface area contributed by atoms with Crippen molar-refractivity contribution in [2.24, 2.45) is 11.7 Å². The molecule has 0 aliphatic heterocycles. The zero-order valence-corrected chi connectivity index (χ0v) is 13.0. The molecule has 0 amide bonds. The maximum atomic E-state index is 6.78. The molecule has 1 nitrogen and oxygen atoms in total. The lowest BCUT2D eigenvalue weighted by molar-refractivity contribution is 0.206. The van der Waals surface area contributed by atoms with Crippen LogP contribution in [0.15, 0.2) is 24.3 Å². The van der Waals surface area contributed by atoms with Crippen LogP contribution in [-0.4, -0.2) is 0 Å². The molecular weight excluding hydrogens is 230 g/mol. The molecule has 1 aromatic rings. The highest BCUT2D eigenvalue weighted by Crippen LogP contribution is 2.40. The van der Waals surface area contributed by atoms with Crippen LogP contribution in [0.25, 0.3) is 0 Å². The molecule has 2 N–H and O–H groups in total. The molecule has 1 saturated carbocycles. The van der Waals surface area contributed by atoms with Crippen molar-refractivity contribution in [1.29, 1.82) is 0 Å². The molecular formula is C18H29N. The summed E-state index contributed by atoms with van der Waals surface area (Å²) < 4.78 is 0. The summed E-state index contributed by atoms with van der Waals surface area (Å²) in [6.07, 6.45) is 6.15. The van der Waals surface area contributed by atoms with Crippen molar-refractivity contribution in [3.05, 3.63) is 35.4 Å². The van der Waals surface area contributed by atoms with E-state index in [0.29, 0.717) is 5.92 Å². The van der Waals surface area contributed by atoms with Gasteiger partial charge in [-0.25, -0.2) is 0 Å². The summed E-state index contributed by atoms with van der Waals surface area (Å²) in [5.41, 5.74) is 9.68. The van der Waals surface area contributed by atoms with Crippen LogP contribution < -0.4 is 5.73 Å². The Bertz CT molecular complexity index is 435. The fourth-order valence-electron chi connectivity index (χ4n) is 3.23. The number of hydrogen-bond donors (Lipinski definition) is 1. The van der Waals surface area contributed by atoms with Crippen molar-refractivity contribution in [3.8, 4) is 0 Å². The molecule has 1 fully saturated rings. The fourth-order valence-corrected chi connectivity index (χ4v) is 3.23. The third kappa shape index (κ3) is 2.72. The maximum Gasteiger partial charge on any atom is 0.0435 e. The van der Waals surface area contributed by atoms with Crippen molar-refractivity contribution < 1.29 is 0 Å². The van der Waals surface area contributed by atoms with E-state index >= 15 is 0 Å². The molecule has 106 valence electrons. The lowest BCUT2D eigenvalue weighted by atomic mass is 9.69. The van der Waals surface area contributed by atoms with E-state index in [-0.39, 0.29) is 11.0 Å². The average Bonchev–Trinajstić information content (AvgIpc) is 2.42. The van der Waals surface area contributed by atoms with Crippen molar-refractivity contribution >= 4 is 0 Å². The van der Waals surface area contributed by atoms with Crippen LogP contribution in [0.1, 0.15) is 70.9 Å². The fraction of sp³-hybridized carbons (Fsp3) is 0.667. The molecule has 2 unspecified atom stereocenters. The molecule has 0 heterocycles. The van der Waals surface area contributed by atoms with Gasteiger partial charge in [0.25, 0.3) is 0 Å². The molecule has 2 atom stereocenters. The van der Waals surface area contributed by atoms with E-state index in [1.165, 1.54) is 30.4 Å². The minimum absolute atomic E-state index is 0.113. The summed E-state index contributed by atoms with van der Waals surface area (Å²) in [5.74, 6) is 0.584. The molecule has 1 aliphatic rings. The largest absolute Gasteiger partial charge is 0.321 e. The van der Waals surface area contributed by atoms with Gasteiger partial charge in [0.1, 0.15) is 0 Å². The Morgan fingerprint density at radius 1 is 1.32 bits per heavy atom. The minimum atomic E-state index is -0.113. The van der Waals surface area contributed by atoms with Crippen molar-refractivity contribution in [2.45, 2.75) is 70.8 Å². The first-order valence-electron chi connectivity index (χ1n) is 7.80. The smallest absolute Gasteiger partial charge is 0.0435 e. The Hall–Kier alpha value is -0.820. The first-order valence-corrected chi connectivity index (χ1v) is 7.80. The normalized spacial score (nSPS) is 28.4. The molecule has 0 saturated heterocycles. The van der Waals surface area contributed by atoms with E-state index in [4.69, 9.17) is 5.73 Å². The first kappa shape index (κ1) is 14.6. The Balaban J connectivity index is 2.38. The Labute approximate surface area is 118 Å². The van der Waals surface area contributed by atoms with E-state index in [9.17, 15) is 0 Å². The summed E-state index contributed by atoms with van der Waals surface area (Å²) in [7, 11) is 0. The van der Waals surface area contributed by atoms with Crippen LogP contribution >= 0.6 is 0 Å².